The number of unbranched alkanes of at least 4 members (excludes halogenated alkanes) is 1. The van der Waals surface area contributed by atoms with Crippen molar-refractivity contribution >= 4 is 10.9 Å². The van der Waals surface area contributed by atoms with Crippen molar-refractivity contribution in [1.82, 2.24) is 9.88 Å². The highest BCUT2D eigenvalue weighted by atomic mass is 14.9. The maximum Gasteiger partial charge on any atom is 0.0483 e. The first-order chi connectivity index (χ1) is 9.36. The molecule has 0 unspecified atom stereocenters. The minimum Gasteiger partial charge on any atom is -0.347 e. The normalized spacial score (nSPS) is 10.7. The quantitative estimate of drug-likeness (QED) is 0.590. The molecule has 19 heavy (non-hydrogen) atoms. The van der Waals surface area contributed by atoms with Crippen LogP contribution >= 0.6 is 0 Å². The van der Waals surface area contributed by atoms with Crippen LogP contribution < -0.4 is 5.32 Å². The van der Waals surface area contributed by atoms with E-state index in [9.17, 15) is 0 Å². The zero-order valence-electron chi connectivity index (χ0n) is 11.7. The fraction of sp³-hybridized carbons (Fsp3) is 0.412. The highest BCUT2D eigenvalue weighted by Crippen LogP contribution is 2.20. The number of rotatable bonds is 7. The van der Waals surface area contributed by atoms with Crippen LogP contribution in [0.4, 0.5) is 0 Å². The predicted octanol–water partition coefficient (Wildman–Crippen LogP) is 3.55. The van der Waals surface area contributed by atoms with E-state index in [4.69, 9.17) is 6.42 Å². The zero-order valence-corrected chi connectivity index (χ0v) is 11.7. The Balaban J connectivity index is 2.15. The number of hydrogen-bond acceptors (Lipinski definition) is 1. The average Bonchev–Trinajstić information content (AvgIpc) is 2.84. The summed E-state index contributed by atoms with van der Waals surface area (Å²) >= 11 is 0. The van der Waals surface area contributed by atoms with Gasteiger partial charge in [-0.3, -0.25) is 0 Å². The van der Waals surface area contributed by atoms with Gasteiger partial charge in [0.2, 0.25) is 0 Å². The molecule has 0 aliphatic carbocycles. The lowest BCUT2D eigenvalue weighted by molar-refractivity contribution is 0.674. The number of aromatic nitrogens is 1. The van der Waals surface area contributed by atoms with E-state index in [1.54, 1.807) is 0 Å². The van der Waals surface area contributed by atoms with Crippen LogP contribution in [0.15, 0.2) is 30.5 Å². The molecule has 1 aromatic heterocycles. The van der Waals surface area contributed by atoms with Gasteiger partial charge in [-0.15, -0.1) is 12.3 Å². The SMILES string of the molecule is C#CCCCn1ccc2c(CNCCC)cccc21. The van der Waals surface area contributed by atoms with E-state index in [0.29, 0.717) is 0 Å². The summed E-state index contributed by atoms with van der Waals surface area (Å²) < 4.78 is 2.30. The van der Waals surface area contributed by atoms with Crippen molar-refractivity contribution in [3.8, 4) is 12.3 Å². The number of nitrogens with one attached hydrogen (secondary N) is 1. The molecular formula is C17H22N2. The molecule has 0 aliphatic heterocycles. The van der Waals surface area contributed by atoms with E-state index in [1.165, 1.54) is 22.9 Å². The van der Waals surface area contributed by atoms with E-state index in [1.807, 2.05) is 0 Å². The Bertz CT molecular complexity index is 560. The molecule has 2 nitrogen and oxygen atoms in total. The Morgan fingerprint density at radius 3 is 3.00 bits per heavy atom. The Morgan fingerprint density at radius 2 is 2.21 bits per heavy atom. The molecule has 2 rings (SSSR count). The first-order valence-corrected chi connectivity index (χ1v) is 7.07. The minimum atomic E-state index is 0.845. The second-order valence-electron chi connectivity index (χ2n) is 4.84. The minimum absolute atomic E-state index is 0.845. The average molecular weight is 254 g/mol. The number of nitrogens with zero attached hydrogens (tertiary/aromatic N) is 1. The van der Waals surface area contributed by atoms with Crippen molar-refractivity contribution < 1.29 is 0 Å². The lowest BCUT2D eigenvalue weighted by Gasteiger charge is -2.07. The van der Waals surface area contributed by atoms with E-state index in [-0.39, 0.29) is 0 Å². The first kappa shape index (κ1) is 13.7. The molecule has 0 atom stereocenters. The van der Waals surface area contributed by atoms with Crippen LogP contribution in [0.3, 0.4) is 0 Å². The molecule has 2 aromatic rings. The molecule has 0 amide bonds. The largest absolute Gasteiger partial charge is 0.347 e. The number of hydrogen-bond donors (Lipinski definition) is 1. The third-order valence-corrected chi connectivity index (χ3v) is 3.37. The summed E-state index contributed by atoms with van der Waals surface area (Å²) in [6, 6.07) is 8.75. The van der Waals surface area contributed by atoms with Crippen LogP contribution in [0.2, 0.25) is 0 Å². The summed E-state index contributed by atoms with van der Waals surface area (Å²) in [5.74, 6) is 2.70. The van der Waals surface area contributed by atoms with Crippen LogP contribution in [0, 0.1) is 12.3 Å². The van der Waals surface area contributed by atoms with E-state index in [0.717, 1.165) is 32.5 Å². The Labute approximate surface area is 115 Å². The first-order valence-electron chi connectivity index (χ1n) is 7.07. The summed E-state index contributed by atoms with van der Waals surface area (Å²) in [7, 11) is 0. The van der Waals surface area contributed by atoms with Crippen LogP contribution in [-0.2, 0) is 13.1 Å². The summed E-state index contributed by atoms with van der Waals surface area (Å²) in [4.78, 5) is 0. The lowest BCUT2D eigenvalue weighted by Crippen LogP contribution is -2.13. The topological polar surface area (TPSA) is 17.0 Å². The van der Waals surface area contributed by atoms with Crippen molar-refractivity contribution in [2.45, 2.75) is 39.3 Å². The Kier molecular flexibility index (Phi) is 5.06. The van der Waals surface area contributed by atoms with Gasteiger partial charge in [-0.2, -0.15) is 0 Å². The fourth-order valence-electron chi connectivity index (χ4n) is 2.39. The van der Waals surface area contributed by atoms with E-state index >= 15 is 0 Å². The van der Waals surface area contributed by atoms with Gasteiger partial charge < -0.3 is 9.88 Å². The smallest absolute Gasteiger partial charge is 0.0483 e. The van der Waals surface area contributed by atoms with Crippen molar-refractivity contribution in [1.29, 1.82) is 0 Å². The number of terminal acetylenes is 1. The highest BCUT2D eigenvalue weighted by molar-refractivity contribution is 5.83. The molecule has 1 aromatic carbocycles. The second-order valence-corrected chi connectivity index (χ2v) is 4.84. The summed E-state index contributed by atoms with van der Waals surface area (Å²) in [6.45, 7) is 5.20. The van der Waals surface area contributed by atoms with Gasteiger partial charge in [0.05, 0.1) is 0 Å². The number of aryl methyl sites for hydroxylation is 1. The van der Waals surface area contributed by atoms with Gasteiger partial charge in [-0.1, -0.05) is 19.1 Å². The molecule has 1 N–H and O–H groups in total. The molecule has 0 radical (unpaired) electrons. The van der Waals surface area contributed by atoms with Crippen LogP contribution in [0.5, 0.6) is 0 Å². The summed E-state index contributed by atoms with van der Waals surface area (Å²) in [5.41, 5.74) is 2.69. The molecule has 0 bridgehead atoms. The van der Waals surface area contributed by atoms with Crippen molar-refractivity contribution in [3.63, 3.8) is 0 Å². The van der Waals surface area contributed by atoms with E-state index in [2.05, 4.69) is 53.2 Å². The molecule has 0 spiro atoms. The molecule has 0 saturated heterocycles. The van der Waals surface area contributed by atoms with Crippen molar-refractivity contribution in [2.24, 2.45) is 0 Å². The highest BCUT2D eigenvalue weighted by Gasteiger charge is 2.04. The van der Waals surface area contributed by atoms with Gasteiger partial charge in [0.25, 0.3) is 0 Å². The lowest BCUT2D eigenvalue weighted by atomic mass is 10.1. The van der Waals surface area contributed by atoms with Crippen LogP contribution in [-0.4, -0.2) is 11.1 Å². The van der Waals surface area contributed by atoms with E-state index < -0.39 is 0 Å². The molecule has 0 saturated carbocycles. The summed E-state index contributed by atoms with van der Waals surface area (Å²) in [5, 5.41) is 4.82. The molecule has 100 valence electrons. The Hall–Kier alpha value is -1.72. The summed E-state index contributed by atoms with van der Waals surface area (Å²) in [6.07, 6.45) is 10.5. The fourth-order valence-corrected chi connectivity index (χ4v) is 2.39. The van der Waals surface area contributed by atoms with Crippen LogP contribution in [0.1, 0.15) is 31.7 Å². The number of benzene rings is 1. The van der Waals surface area contributed by atoms with Gasteiger partial charge >= 0.3 is 0 Å². The second kappa shape index (κ2) is 7.01. The molecule has 1 heterocycles. The van der Waals surface area contributed by atoms with Crippen molar-refractivity contribution in [2.75, 3.05) is 6.54 Å². The number of fused-ring (bicyclic) bond motifs is 1. The maximum atomic E-state index is 5.31. The Morgan fingerprint density at radius 1 is 1.32 bits per heavy atom. The van der Waals surface area contributed by atoms with Gasteiger partial charge in [0.15, 0.2) is 0 Å². The van der Waals surface area contributed by atoms with Crippen LogP contribution in [0.25, 0.3) is 10.9 Å². The monoisotopic (exact) mass is 254 g/mol. The van der Waals surface area contributed by atoms with Gasteiger partial charge in [-0.05, 0) is 37.1 Å². The third kappa shape index (κ3) is 3.39. The zero-order chi connectivity index (χ0) is 13.5. The molecular weight excluding hydrogens is 232 g/mol. The molecule has 0 aliphatic rings. The predicted molar refractivity (Wildman–Crippen MR) is 82.0 cm³/mol. The van der Waals surface area contributed by atoms with Gasteiger partial charge in [0.1, 0.15) is 0 Å². The molecule has 0 fully saturated rings. The third-order valence-electron chi connectivity index (χ3n) is 3.37. The van der Waals surface area contributed by atoms with Gasteiger partial charge in [0, 0.05) is 36.6 Å². The maximum absolute atomic E-state index is 5.31. The standard InChI is InChI=1S/C17H22N2/c1-3-5-6-12-19-13-10-16-15(14-18-11-4-2)8-7-9-17(16)19/h1,7-10,13,18H,4-6,11-12,14H2,2H3. The van der Waals surface area contributed by atoms with Crippen molar-refractivity contribution in [3.05, 3.63) is 36.0 Å². The van der Waals surface area contributed by atoms with Gasteiger partial charge in [-0.25, -0.2) is 0 Å². The molecule has 2 heteroatoms.